The molecule has 26 heavy (non-hydrogen) atoms. The van der Waals surface area contributed by atoms with E-state index in [1.807, 2.05) is 17.8 Å². The highest BCUT2D eigenvalue weighted by atomic mass is 32.2. The smallest absolute Gasteiger partial charge is 0.122 e. The first-order chi connectivity index (χ1) is 12.7. The summed E-state index contributed by atoms with van der Waals surface area (Å²) in [7, 11) is 1.73. The number of fused-ring (bicyclic) bond motifs is 1. The summed E-state index contributed by atoms with van der Waals surface area (Å²) in [6.45, 7) is 8.49. The Morgan fingerprint density at radius 3 is 2.62 bits per heavy atom. The van der Waals surface area contributed by atoms with Crippen molar-refractivity contribution < 1.29 is 4.74 Å². The van der Waals surface area contributed by atoms with Crippen LogP contribution in [0.4, 0.5) is 5.69 Å². The lowest BCUT2D eigenvalue weighted by Crippen LogP contribution is -2.43. The van der Waals surface area contributed by atoms with Crippen molar-refractivity contribution in [1.29, 1.82) is 0 Å². The number of piperazine rings is 1. The molecule has 2 aromatic carbocycles. The maximum Gasteiger partial charge on any atom is 0.122 e. The minimum atomic E-state index is 0.935. The van der Waals surface area contributed by atoms with E-state index in [-0.39, 0.29) is 0 Å². The molecule has 0 amide bonds. The van der Waals surface area contributed by atoms with Gasteiger partial charge in [0.25, 0.3) is 0 Å². The number of methoxy groups -OCH3 is 1. The number of H-pyrrole nitrogens is 1. The molecule has 2 heterocycles. The summed E-state index contributed by atoms with van der Waals surface area (Å²) in [5.74, 6) is 0.935. The van der Waals surface area contributed by atoms with Crippen molar-refractivity contribution in [3.05, 3.63) is 47.7 Å². The third kappa shape index (κ3) is 3.17. The zero-order valence-electron chi connectivity index (χ0n) is 15.6. The normalized spacial score (nSPS) is 14.8. The van der Waals surface area contributed by atoms with Crippen LogP contribution in [-0.4, -0.2) is 38.3 Å². The third-order valence-corrected chi connectivity index (χ3v) is 6.14. The zero-order chi connectivity index (χ0) is 18.1. The second-order valence-electron chi connectivity index (χ2n) is 6.78. The fourth-order valence-electron chi connectivity index (χ4n) is 3.63. The number of benzene rings is 2. The number of rotatable bonds is 4. The molecule has 0 radical (unpaired) electrons. The number of hydrogen-bond donors (Lipinski definition) is 2. The molecule has 4 rings (SSSR count). The van der Waals surface area contributed by atoms with Crippen LogP contribution in [0.2, 0.25) is 0 Å². The van der Waals surface area contributed by atoms with Crippen LogP contribution in [0.5, 0.6) is 5.75 Å². The second kappa shape index (κ2) is 7.25. The van der Waals surface area contributed by atoms with Crippen LogP contribution < -0.4 is 15.0 Å². The summed E-state index contributed by atoms with van der Waals surface area (Å²) < 4.78 is 5.52. The van der Waals surface area contributed by atoms with Crippen LogP contribution in [0.15, 0.2) is 46.3 Å². The van der Waals surface area contributed by atoms with E-state index in [9.17, 15) is 0 Å². The van der Waals surface area contributed by atoms with Crippen molar-refractivity contribution in [1.82, 2.24) is 10.3 Å². The van der Waals surface area contributed by atoms with Gasteiger partial charge < -0.3 is 19.9 Å². The number of hydrogen-bond acceptors (Lipinski definition) is 4. The van der Waals surface area contributed by atoms with Gasteiger partial charge in [0.05, 0.1) is 12.8 Å². The van der Waals surface area contributed by atoms with Gasteiger partial charge in [0, 0.05) is 58.6 Å². The topological polar surface area (TPSA) is 40.3 Å². The predicted octanol–water partition coefficient (Wildman–Crippen LogP) is 4.35. The molecule has 4 nitrogen and oxygen atoms in total. The first-order valence-corrected chi connectivity index (χ1v) is 9.88. The van der Waals surface area contributed by atoms with Gasteiger partial charge >= 0.3 is 0 Å². The van der Waals surface area contributed by atoms with Gasteiger partial charge in [-0.3, -0.25) is 0 Å². The molecule has 0 unspecified atom stereocenters. The van der Waals surface area contributed by atoms with E-state index in [4.69, 9.17) is 4.74 Å². The Bertz CT molecular complexity index is 928. The van der Waals surface area contributed by atoms with Crippen LogP contribution in [0.1, 0.15) is 11.1 Å². The summed E-state index contributed by atoms with van der Waals surface area (Å²) in [6.07, 6.45) is 2.11. The van der Waals surface area contributed by atoms with E-state index in [1.165, 1.54) is 32.0 Å². The fourth-order valence-corrected chi connectivity index (χ4v) is 4.78. The van der Waals surface area contributed by atoms with E-state index >= 15 is 0 Å². The largest absolute Gasteiger partial charge is 0.496 e. The lowest BCUT2D eigenvalue weighted by molar-refractivity contribution is 0.412. The lowest BCUT2D eigenvalue weighted by atomic mass is 10.1. The van der Waals surface area contributed by atoms with Crippen LogP contribution in [0.3, 0.4) is 0 Å². The summed E-state index contributed by atoms with van der Waals surface area (Å²) in [5.41, 5.74) is 4.98. The quantitative estimate of drug-likeness (QED) is 0.719. The average molecular weight is 368 g/mol. The summed E-state index contributed by atoms with van der Waals surface area (Å²) in [4.78, 5) is 8.46. The van der Waals surface area contributed by atoms with E-state index in [0.29, 0.717) is 0 Å². The van der Waals surface area contributed by atoms with E-state index in [2.05, 4.69) is 59.5 Å². The fraction of sp³-hybridized carbons (Fsp3) is 0.333. The van der Waals surface area contributed by atoms with Crippen molar-refractivity contribution in [3.8, 4) is 5.75 Å². The Morgan fingerprint density at radius 1 is 1.04 bits per heavy atom. The predicted molar refractivity (Wildman–Crippen MR) is 110 cm³/mol. The highest BCUT2D eigenvalue weighted by molar-refractivity contribution is 7.99. The van der Waals surface area contributed by atoms with Crippen molar-refractivity contribution in [3.63, 3.8) is 0 Å². The summed E-state index contributed by atoms with van der Waals surface area (Å²) in [5, 5.41) is 4.69. The minimum absolute atomic E-state index is 0.935. The van der Waals surface area contributed by atoms with Crippen molar-refractivity contribution in [2.24, 2.45) is 0 Å². The van der Waals surface area contributed by atoms with E-state index < -0.39 is 0 Å². The second-order valence-corrected chi connectivity index (χ2v) is 7.86. The number of nitrogens with zero attached hydrogens (tertiary/aromatic N) is 1. The zero-order valence-corrected chi connectivity index (χ0v) is 16.4. The maximum atomic E-state index is 5.52. The van der Waals surface area contributed by atoms with Gasteiger partial charge in [-0.15, -0.1) is 0 Å². The number of ether oxygens (including phenoxy) is 1. The van der Waals surface area contributed by atoms with Crippen LogP contribution in [0, 0.1) is 13.8 Å². The Hall–Kier alpha value is -2.11. The molecule has 2 N–H and O–H groups in total. The first-order valence-electron chi connectivity index (χ1n) is 9.06. The molecule has 1 aromatic heterocycles. The summed E-state index contributed by atoms with van der Waals surface area (Å²) >= 11 is 1.84. The number of anilines is 1. The number of nitrogens with one attached hydrogen (secondary N) is 2. The molecule has 0 spiro atoms. The SMILES string of the molecule is COc1ccc2[nH]cc(Sc3ccc(C)cc3N3CCNCC3)c2c1C. The van der Waals surface area contributed by atoms with Gasteiger partial charge in [-0.1, -0.05) is 17.8 Å². The first kappa shape index (κ1) is 17.3. The highest BCUT2D eigenvalue weighted by Gasteiger charge is 2.17. The molecule has 5 heteroatoms. The third-order valence-electron chi connectivity index (χ3n) is 5.03. The van der Waals surface area contributed by atoms with E-state index in [1.54, 1.807) is 7.11 Å². The molecule has 0 aliphatic carbocycles. The molecule has 3 aromatic rings. The Morgan fingerprint density at radius 2 is 1.85 bits per heavy atom. The number of aromatic amines is 1. The van der Waals surface area contributed by atoms with Gasteiger partial charge in [-0.05, 0) is 43.7 Å². The van der Waals surface area contributed by atoms with Crippen LogP contribution >= 0.6 is 11.8 Å². The van der Waals surface area contributed by atoms with Crippen molar-refractivity contribution in [2.75, 3.05) is 38.2 Å². The molecule has 0 saturated carbocycles. The number of aryl methyl sites for hydroxylation is 2. The summed E-state index contributed by atoms with van der Waals surface area (Å²) in [6, 6.07) is 10.9. The molecule has 136 valence electrons. The molecule has 1 aliphatic heterocycles. The molecule has 1 fully saturated rings. The molecule has 0 bridgehead atoms. The number of aromatic nitrogens is 1. The van der Waals surface area contributed by atoms with Crippen molar-refractivity contribution >= 4 is 28.4 Å². The van der Waals surface area contributed by atoms with Gasteiger partial charge in [-0.25, -0.2) is 0 Å². The Balaban J connectivity index is 1.75. The Kier molecular flexibility index (Phi) is 4.83. The van der Waals surface area contributed by atoms with Crippen molar-refractivity contribution in [2.45, 2.75) is 23.6 Å². The van der Waals surface area contributed by atoms with Gasteiger partial charge in [0.2, 0.25) is 0 Å². The highest BCUT2D eigenvalue weighted by Crippen LogP contribution is 2.41. The van der Waals surface area contributed by atoms with Gasteiger partial charge in [0.15, 0.2) is 0 Å². The minimum Gasteiger partial charge on any atom is -0.496 e. The molecule has 1 saturated heterocycles. The van der Waals surface area contributed by atoms with Gasteiger partial charge in [-0.2, -0.15) is 0 Å². The average Bonchev–Trinajstić information content (AvgIpc) is 3.08. The van der Waals surface area contributed by atoms with Gasteiger partial charge in [0.1, 0.15) is 5.75 Å². The Labute approximate surface area is 158 Å². The van der Waals surface area contributed by atoms with Crippen LogP contribution in [0.25, 0.3) is 10.9 Å². The molecule has 0 atom stereocenters. The van der Waals surface area contributed by atoms with E-state index in [0.717, 1.165) is 37.4 Å². The van der Waals surface area contributed by atoms with Crippen LogP contribution in [-0.2, 0) is 0 Å². The molecule has 1 aliphatic rings. The lowest BCUT2D eigenvalue weighted by Gasteiger charge is -2.31. The maximum absolute atomic E-state index is 5.52. The molecular weight excluding hydrogens is 342 g/mol. The monoisotopic (exact) mass is 367 g/mol. The standard InChI is InChI=1S/C21H25N3OS/c1-14-4-7-19(17(12-14)24-10-8-22-9-11-24)26-20-13-23-16-5-6-18(25-3)15(2)21(16)20/h4-7,12-13,22-23H,8-11H2,1-3H3. The molecular formula is C21H25N3OS.